The molecule has 1 aliphatic heterocycles. The molecule has 0 spiro atoms. The molecule has 0 radical (unpaired) electrons. The number of nitrogens with one attached hydrogen (secondary N) is 1. The number of hydrogen-bond acceptors (Lipinski definition) is 7. The number of piperidine rings is 1. The minimum atomic E-state index is -0.128. The largest absolute Gasteiger partial charge is 0.493 e. The van der Waals surface area contributed by atoms with E-state index in [0.29, 0.717) is 24.0 Å². The molecule has 1 atom stereocenters. The zero-order valence-electron chi connectivity index (χ0n) is 17.0. The second-order valence-electron chi connectivity index (χ2n) is 7.54. The fourth-order valence-corrected chi connectivity index (χ4v) is 3.88. The van der Waals surface area contributed by atoms with Gasteiger partial charge in [0.2, 0.25) is 0 Å². The standard InChI is InChI=1S/C22H26N4O4/c1-28-19-9-2-3-10-20(19)29-15-21(27)23-12-16-6-5-11-26(13-16)14-17-7-4-8-18-22(17)25-30-24-18/h2-4,7-10,16H,5-6,11-15H2,1H3,(H,23,27). The van der Waals surface area contributed by atoms with Gasteiger partial charge in [-0.25, -0.2) is 4.63 Å². The lowest BCUT2D eigenvalue weighted by atomic mass is 9.97. The number of carbonyl (C=O) groups is 1. The highest BCUT2D eigenvalue weighted by Crippen LogP contribution is 2.25. The van der Waals surface area contributed by atoms with Crippen molar-refractivity contribution in [3.05, 3.63) is 48.0 Å². The molecule has 4 rings (SSSR count). The summed E-state index contributed by atoms with van der Waals surface area (Å²) in [5.74, 6) is 1.46. The van der Waals surface area contributed by atoms with Crippen LogP contribution in [0.2, 0.25) is 0 Å². The van der Waals surface area contributed by atoms with Crippen LogP contribution < -0.4 is 14.8 Å². The SMILES string of the molecule is COc1ccccc1OCC(=O)NCC1CCCN(Cc2cccc3nonc23)C1. The van der Waals surface area contributed by atoms with Gasteiger partial charge in [-0.2, -0.15) is 0 Å². The normalized spacial score (nSPS) is 17.0. The van der Waals surface area contributed by atoms with E-state index in [9.17, 15) is 4.79 Å². The van der Waals surface area contributed by atoms with Crippen molar-refractivity contribution in [3.63, 3.8) is 0 Å². The Hall–Kier alpha value is -3.13. The molecule has 0 saturated carbocycles. The molecular formula is C22H26N4O4. The number of methoxy groups -OCH3 is 1. The summed E-state index contributed by atoms with van der Waals surface area (Å²) < 4.78 is 15.7. The first-order valence-electron chi connectivity index (χ1n) is 10.2. The number of rotatable bonds is 8. The molecule has 2 heterocycles. The molecule has 1 unspecified atom stereocenters. The van der Waals surface area contributed by atoms with E-state index >= 15 is 0 Å². The van der Waals surface area contributed by atoms with Gasteiger partial charge < -0.3 is 14.8 Å². The van der Waals surface area contributed by atoms with Crippen molar-refractivity contribution in [1.29, 1.82) is 0 Å². The highest BCUT2D eigenvalue weighted by Gasteiger charge is 2.21. The minimum Gasteiger partial charge on any atom is -0.493 e. The second-order valence-corrected chi connectivity index (χ2v) is 7.54. The fourth-order valence-electron chi connectivity index (χ4n) is 3.88. The molecule has 2 aromatic carbocycles. The van der Waals surface area contributed by atoms with Crippen molar-refractivity contribution in [2.75, 3.05) is 33.4 Å². The van der Waals surface area contributed by atoms with E-state index in [0.717, 1.165) is 49.1 Å². The van der Waals surface area contributed by atoms with Crippen LogP contribution in [0.5, 0.6) is 11.5 Å². The van der Waals surface area contributed by atoms with Crippen molar-refractivity contribution < 1.29 is 18.9 Å². The Morgan fingerprint density at radius 2 is 2.07 bits per heavy atom. The zero-order chi connectivity index (χ0) is 20.8. The molecule has 8 nitrogen and oxygen atoms in total. The number of benzene rings is 2. The van der Waals surface area contributed by atoms with Crippen molar-refractivity contribution in [2.24, 2.45) is 5.92 Å². The van der Waals surface area contributed by atoms with Gasteiger partial charge in [-0.05, 0) is 59.4 Å². The van der Waals surface area contributed by atoms with E-state index in [1.165, 1.54) is 0 Å². The van der Waals surface area contributed by atoms with Crippen LogP contribution in [-0.2, 0) is 11.3 Å². The lowest BCUT2D eigenvalue weighted by Gasteiger charge is -2.32. The molecule has 1 amide bonds. The number of aromatic nitrogens is 2. The highest BCUT2D eigenvalue weighted by molar-refractivity contribution is 5.77. The summed E-state index contributed by atoms with van der Waals surface area (Å²) in [5, 5.41) is 10.9. The van der Waals surface area contributed by atoms with Crippen LogP contribution in [0.25, 0.3) is 11.0 Å². The van der Waals surface area contributed by atoms with Gasteiger partial charge in [-0.3, -0.25) is 9.69 Å². The van der Waals surface area contributed by atoms with Gasteiger partial charge in [0.15, 0.2) is 18.1 Å². The number of nitrogens with zero attached hydrogens (tertiary/aromatic N) is 3. The first-order valence-corrected chi connectivity index (χ1v) is 10.2. The smallest absolute Gasteiger partial charge is 0.257 e. The van der Waals surface area contributed by atoms with Crippen LogP contribution in [0, 0.1) is 5.92 Å². The topological polar surface area (TPSA) is 89.7 Å². The minimum absolute atomic E-state index is 0.0298. The van der Waals surface area contributed by atoms with Gasteiger partial charge in [0.25, 0.3) is 5.91 Å². The van der Waals surface area contributed by atoms with E-state index in [-0.39, 0.29) is 12.5 Å². The number of fused-ring (bicyclic) bond motifs is 1. The number of amides is 1. The molecule has 1 fully saturated rings. The maximum absolute atomic E-state index is 12.2. The van der Waals surface area contributed by atoms with E-state index in [1.54, 1.807) is 19.2 Å². The first kappa shape index (κ1) is 20.2. The summed E-state index contributed by atoms with van der Waals surface area (Å²) in [6.07, 6.45) is 2.20. The number of ether oxygens (including phenoxy) is 2. The Kier molecular flexibility index (Phi) is 6.44. The Bertz CT molecular complexity index is 990. The zero-order valence-corrected chi connectivity index (χ0v) is 17.0. The van der Waals surface area contributed by atoms with Crippen molar-refractivity contribution in [2.45, 2.75) is 19.4 Å². The third kappa shape index (κ3) is 4.88. The number of carbonyl (C=O) groups excluding carboxylic acids is 1. The Morgan fingerprint density at radius 1 is 1.20 bits per heavy atom. The van der Waals surface area contributed by atoms with Gasteiger partial charge >= 0.3 is 0 Å². The molecular weight excluding hydrogens is 384 g/mol. The van der Waals surface area contributed by atoms with Crippen molar-refractivity contribution >= 4 is 16.9 Å². The van der Waals surface area contributed by atoms with Crippen LogP contribution in [0.1, 0.15) is 18.4 Å². The van der Waals surface area contributed by atoms with Gasteiger partial charge in [-0.15, -0.1) is 0 Å². The lowest BCUT2D eigenvalue weighted by Crippen LogP contribution is -2.41. The summed E-state index contributed by atoms with van der Waals surface area (Å²) in [6, 6.07) is 13.2. The number of hydrogen-bond donors (Lipinski definition) is 1. The van der Waals surface area contributed by atoms with E-state index < -0.39 is 0 Å². The predicted octanol–water partition coefficient (Wildman–Crippen LogP) is 2.64. The third-order valence-corrected chi connectivity index (χ3v) is 5.38. The van der Waals surface area contributed by atoms with E-state index in [2.05, 4.69) is 26.6 Å². The maximum Gasteiger partial charge on any atom is 0.257 e. The predicted molar refractivity (Wildman–Crippen MR) is 111 cm³/mol. The maximum atomic E-state index is 12.2. The molecule has 1 aromatic heterocycles. The van der Waals surface area contributed by atoms with Crippen molar-refractivity contribution in [3.8, 4) is 11.5 Å². The molecule has 158 valence electrons. The first-order chi connectivity index (χ1) is 14.7. The molecule has 3 aromatic rings. The van der Waals surface area contributed by atoms with Crippen LogP contribution in [0.3, 0.4) is 0 Å². The van der Waals surface area contributed by atoms with Crippen molar-refractivity contribution in [1.82, 2.24) is 20.5 Å². The summed E-state index contributed by atoms with van der Waals surface area (Å²) in [7, 11) is 1.58. The summed E-state index contributed by atoms with van der Waals surface area (Å²) >= 11 is 0. The number of likely N-dealkylation sites (tertiary alicyclic amines) is 1. The highest BCUT2D eigenvalue weighted by atomic mass is 16.6. The van der Waals surface area contributed by atoms with Crippen LogP contribution in [0.4, 0.5) is 0 Å². The van der Waals surface area contributed by atoms with Gasteiger partial charge in [0.05, 0.1) is 7.11 Å². The van der Waals surface area contributed by atoms with Crippen LogP contribution in [-0.4, -0.2) is 54.5 Å². The molecule has 1 N–H and O–H groups in total. The molecule has 0 bridgehead atoms. The summed E-state index contributed by atoms with van der Waals surface area (Å²) in [4.78, 5) is 14.6. The quantitative estimate of drug-likeness (QED) is 0.611. The number of para-hydroxylation sites is 2. The molecule has 1 saturated heterocycles. The molecule has 1 aliphatic rings. The Labute approximate surface area is 175 Å². The van der Waals surface area contributed by atoms with Gasteiger partial charge in [0, 0.05) is 19.6 Å². The Balaban J connectivity index is 1.25. The average Bonchev–Trinajstić information content (AvgIpc) is 3.27. The fraction of sp³-hybridized carbons (Fsp3) is 0.409. The van der Waals surface area contributed by atoms with E-state index in [4.69, 9.17) is 14.1 Å². The van der Waals surface area contributed by atoms with Crippen LogP contribution >= 0.6 is 0 Å². The molecule has 8 heteroatoms. The van der Waals surface area contributed by atoms with E-state index in [1.807, 2.05) is 24.3 Å². The van der Waals surface area contributed by atoms with Crippen LogP contribution in [0.15, 0.2) is 47.1 Å². The average molecular weight is 410 g/mol. The monoisotopic (exact) mass is 410 g/mol. The summed E-state index contributed by atoms with van der Waals surface area (Å²) in [6.45, 7) is 3.36. The lowest BCUT2D eigenvalue weighted by molar-refractivity contribution is -0.123. The van der Waals surface area contributed by atoms with Gasteiger partial charge in [0.1, 0.15) is 11.0 Å². The molecule has 0 aliphatic carbocycles. The second kappa shape index (κ2) is 9.58. The third-order valence-electron chi connectivity index (χ3n) is 5.38. The molecule has 30 heavy (non-hydrogen) atoms. The van der Waals surface area contributed by atoms with Gasteiger partial charge in [-0.1, -0.05) is 24.3 Å². The Morgan fingerprint density at radius 3 is 2.93 bits per heavy atom. The summed E-state index contributed by atoms with van der Waals surface area (Å²) in [5.41, 5.74) is 2.72.